The molecule has 6 nitrogen and oxygen atoms in total. The summed E-state index contributed by atoms with van der Waals surface area (Å²) in [7, 11) is 0. The average Bonchev–Trinajstić information content (AvgIpc) is 2.59. The third kappa shape index (κ3) is 4.50. The van der Waals surface area contributed by atoms with Gasteiger partial charge in [0.1, 0.15) is 16.4 Å². The fraction of sp³-hybridized carbons (Fsp3) is 0.550. The van der Waals surface area contributed by atoms with Crippen LogP contribution >= 0.6 is 11.6 Å². The largest absolute Gasteiger partial charge is 0.444 e. The van der Waals surface area contributed by atoms with E-state index in [2.05, 4.69) is 9.97 Å². The molecule has 1 atom stereocenters. The highest BCUT2D eigenvalue weighted by atomic mass is 35.5. The number of piperidine rings is 1. The fourth-order valence-electron chi connectivity index (χ4n) is 3.43. The second kappa shape index (κ2) is 7.24. The van der Waals surface area contributed by atoms with Crippen molar-refractivity contribution < 1.29 is 14.6 Å². The summed E-state index contributed by atoms with van der Waals surface area (Å²) >= 11 is 5.96. The molecule has 1 saturated heterocycles. The number of amides is 1. The minimum atomic E-state index is -1.09. The number of halogens is 1. The molecule has 0 saturated carbocycles. The van der Waals surface area contributed by atoms with Crippen LogP contribution in [-0.2, 0) is 10.3 Å². The molecule has 1 fully saturated rings. The number of hydrogen-bond donors (Lipinski definition) is 1. The Balaban J connectivity index is 1.72. The highest BCUT2D eigenvalue weighted by Crippen LogP contribution is 2.36. The van der Waals surface area contributed by atoms with E-state index in [9.17, 15) is 9.90 Å². The second-order valence-corrected chi connectivity index (χ2v) is 8.67. The lowest BCUT2D eigenvalue weighted by molar-refractivity contribution is -0.0409. The maximum Gasteiger partial charge on any atom is 0.410 e. The molecule has 1 aliphatic rings. The molecule has 0 aliphatic carbocycles. The number of carbonyl (C=O) groups is 1. The summed E-state index contributed by atoms with van der Waals surface area (Å²) in [6, 6.07) is 5.42. The predicted molar refractivity (Wildman–Crippen MR) is 105 cm³/mol. The van der Waals surface area contributed by atoms with Crippen LogP contribution in [0.2, 0.25) is 5.15 Å². The Kier molecular flexibility index (Phi) is 5.32. The van der Waals surface area contributed by atoms with E-state index in [1.165, 1.54) is 0 Å². The van der Waals surface area contributed by atoms with Crippen LogP contribution in [0, 0.1) is 5.92 Å². The van der Waals surface area contributed by atoms with E-state index in [-0.39, 0.29) is 12.0 Å². The van der Waals surface area contributed by atoms with Gasteiger partial charge in [0.25, 0.3) is 0 Å². The number of pyridine rings is 2. The number of fused-ring (bicyclic) bond motifs is 1. The van der Waals surface area contributed by atoms with Crippen molar-refractivity contribution in [2.75, 3.05) is 13.1 Å². The Morgan fingerprint density at radius 3 is 2.56 bits per heavy atom. The molecule has 1 N–H and O–H groups in total. The van der Waals surface area contributed by atoms with E-state index in [1.54, 1.807) is 24.1 Å². The van der Waals surface area contributed by atoms with Crippen molar-refractivity contribution in [3.63, 3.8) is 0 Å². The lowest BCUT2D eigenvalue weighted by Crippen LogP contribution is -2.46. The lowest BCUT2D eigenvalue weighted by Gasteiger charge is -2.39. The van der Waals surface area contributed by atoms with Gasteiger partial charge in [0, 0.05) is 30.7 Å². The SMILES string of the molecule is CC(C)(C)OC(=O)N1CCC(C(C)(O)c2ccc3cnc(Cl)cc3n2)CC1. The van der Waals surface area contributed by atoms with Gasteiger partial charge in [-0.3, -0.25) is 0 Å². The normalized spacial score (nSPS) is 18.4. The molecule has 27 heavy (non-hydrogen) atoms. The van der Waals surface area contributed by atoms with Crippen molar-refractivity contribution in [3.8, 4) is 0 Å². The number of ether oxygens (including phenoxy) is 1. The van der Waals surface area contributed by atoms with Gasteiger partial charge in [-0.15, -0.1) is 0 Å². The summed E-state index contributed by atoms with van der Waals surface area (Å²) < 4.78 is 5.44. The van der Waals surface area contributed by atoms with Crippen LogP contribution in [0.5, 0.6) is 0 Å². The summed E-state index contributed by atoms with van der Waals surface area (Å²) in [6.07, 6.45) is 2.74. The first-order valence-electron chi connectivity index (χ1n) is 9.19. The van der Waals surface area contributed by atoms with Gasteiger partial charge in [-0.2, -0.15) is 0 Å². The minimum Gasteiger partial charge on any atom is -0.444 e. The fourth-order valence-corrected chi connectivity index (χ4v) is 3.59. The third-order valence-electron chi connectivity index (χ3n) is 5.00. The van der Waals surface area contributed by atoms with E-state index in [4.69, 9.17) is 16.3 Å². The maximum absolute atomic E-state index is 12.2. The molecular weight excluding hydrogens is 366 g/mol. The van der Waals surface area contributed by atoms with E-state index in [0.717, 1.165) is 5.39 Å². The summed E-state index contributed by atoms with van der Waals surface area (Å²) in [5, 5.41) is 12.5. The monoisotopic (exact) mass is 391 g/mol. The molecule has 0 aromatic carbocycles. The van der Waals surface area contributed by atoms with Crippen molar-refractivity contribution in [1.82, 2.24) is 14.9 Å². The zero-order chi connectivity index (χ0) is 19.8. The molecule has 7 heteroatoms. The van der Waals surface area contributed by atoms with Crippen molar-refractivity contribution >= 4 is 28.6 Å². The van der Waals surface area contributed by atoms with Crippen LogP contribution in [-0.4, -0.2) is 44.8 Å². The molecule has 0 bridgehead atoms. The first-order chi connectivity index (χ1) is 12.6. The summed E-state index contributed by atoms with van der Waals surface area (Å²) in [5.74, 6) is -0.00144. The van der Waals surface area contributed by atoms with Crippen molar-refractivity contribution in [2.45, 2.75) is 51.7 Å². The van der Waals surface area contributed by atoms with Crippen LogP contribution < -0.4 is 0 Å². The first-order valence-corrected chi connectivity index (χ1v) is 9.57. The molecule has 3 heterocycles. The Labute approximate surface area is 164 Å². The second-order valence-electron chi connectivity index (χ2n) is 8.29. The number of nitrogens with zero attached hydrogens (tertiary/aromatic N) is 3. The summed E-state index contributed by atoms with van der Waals surface area (Å²) in [4.78, 5) is 22.6. The van der Waals surface area contributed by atoms with Gasteiger partial charge in [-0.05, 0) is 58.6 Å². The number of aromatic nitrogens is 2. The number of hydrogen-bond acceptors (Lipinski definition) is 5. The molecule has 146 valence electrons. The number of rotatable bonds is 2. The molecule has 1 aliphatic heterocycles. The van der Waals surface area contributed by atoms with Crippen LogP contribution in [0.1, 0.15) is 46.2 Å². The highest BCUT2D eigenvalue weighted by molar-refractivity contribution is 6.29. The smallest absolute Gasteiger partial charge is 0.410 e. The van der Waals surface area contributed by atoms with Gasteiger partial charge in [-0.1, -0.05) is 11.6 Å². The summed E-state index contributed by atoms with van der Waals surface area (Å²) in [5.41, 5.74) is -0.291. The molecule has 0 radical (unpaired) electrons. The molecule has 1 amide bonds. The van der Waals surface area contributed by atoms with Gasteiger partial charge < -0.3 is 14.7 Å². The Hall–Kier alpha value is -1.92. The predicted octanol–water partition coefficient (Wildman–Crippen LogP) is 4.14. The molecule has 2 aromatic rings. The molecule has 1 unspecified atom stereocenters. The molecular formula is C20H26ClN3O3. The van der Waals surface area contributed by atoms with Gasteiger partial charge in [0.05, 0.1) is 11.2 Å². The first kappa shape index (κ1) is 19.8. The number of aliphatic hydroxyl groups is 1. The molecule has 3 rings (SSSR count). The van der Waals surface area contributed by atoms with Crippen LogP contribution in [0.3, 0.4) is 0 Å². The van der Waals surface area contributed by atoms with Crippen molar-refractivity contribution in [2.24, 2.45) is 5.92 Å². The topological polar surface area (TPSA) is 75.5 Å². The van der Waals surface area contributed by atoms with E-state index in [1.807, 2.05) is 32.9 Å². The van der Waals surface area contributed by atoms with Crippen LogP contribution in [0.25, 0.3) is 10.9 Å². The van der Waals surface area contributed by atoms with Crippen molar-refractivity contribution in [1.29, 1.82) is 0 Å². The van der Waals surface area contributed by atoms with Gasteiger partial charge in [-0.25, -0.2) is 14.8 Å². The van der Waals surface area contributed by atoms with Gasteiger partial charge in [0.2, 0.25) is 0 Å². The number of likely N-dealkylation sites (tertiary alicyclic amines) is 1. The third-order valence-corrected chi connectivity index (χ3v) is 5.21. The van der Waals surface area contributed by atoms with E-state index >= 15 is 0 Å². The zero-order valence-electron chi connectivity index (χ0n) is 16.2. The Bertz CT molecular complexity index is 840. The van der Waals surface area contributed by atoms with E-state index < -0.39 is 11.2 Å². The highest BCUT2D eigenvalue weighted by Gasteiger charge is 2.38. The Morgan fingerprint density at radius 2 is 1.93 bits per heavy atom. The molecule has 2 aromatic heterocycles. The van der Waals surface area contributed by atoms with Gasteiger partial charge >= 0.3 is 6.09 Å². The lowest BCUT2D eigenvalue weighted by atomic mass is 9.79. The average molecular weight is 392 g/mol. The number of carbonyl (C=O) groups excluding carboxylic acids is 1. The van der Waals surface area contributed by atoms with Crippen molar-refractivity contribution in [3.05, 3.63) is 35.2 Å². The van der Waals surface area contributed by atoms with E-state index in [0.29, 0.717) is 42.3 Å². The molecule has 0 spiro atoms. The van der Waals surface area contributed by atoms with Crippen LogP contribution in [0.4, 0.5) is 4.79 Å². The van der Waals surface area contributed by atoms with Crippen LogP contribution in [0.15, 0.2) is 24.4 Å². The maximum atomic E-state index is 12.2. The quantitative estimate of drug-likeness (QED) is 0.778. The summed E-state index contributed by atoms with van der Waals surface area (Å²) in [6.45, 7) is 8.47. The zero-order valence-corrected chi connectivity index (χ0v) is 17.0. The Morgan fingerprint density at radius 1 is 1.26 bits per heavy atom. The standard InChI is InChI=1S/C20H26ClN3O3/c1-19(2,3)27-18(25)24-9-7-14(8-10-24)20(4,26)16-6-5-13-12-22-17(21)11-15(13)23-16/h5-6,11-12,14,26H,7-10H2,1-4H3. The minimum absolute atomic E-state index is 0.00144. The van der Waals surface area contributed by atoms with Gasteiger partial charge in [0.15, 0.2) is 0 Å².